The molecule has 3 heterocycles. The predicted molar refractivity (Wildman–Crippen MR) is 197 cm³/mol. The van der Waals surface area contributed by atoms with Gasteiger partial charge in [0.1, 0.15) is 0 Å². The minimum absolute atomic E-state index is 0.652. The highest BCUT2D eigenvalue weighted by Gasteiger charge is 2.17. The molecule has 218 valence electrons. The lowest BCUT2D eigenvalue weighted by Crippen LogP contribution is -2.00. The molecule has 7 aromatic carbocycles. The molecule has 0 amide bonds. The first kappa shape index (κ1) is 26.2. The summed E-state index contributed by atoms with van der Waals surface area (Å²) in [7, 11) is 0. The summed E-state index contributed by atoms with van der Waals surface area (Å²) in [6.07, 6.45) is 3.82. The molecule has 10 rings (SSSR count). The van der Waals surface area contributed by atoms with Crippen molar-refractivity contribution < 1.29 is 0 Å². The summed E-state index contributed by atoms with van der Waals surface area (Å²) in [5, 5.41) is 11.9. The third kappa shape index (κ3) is 4.21. The molecule has 0 radical (unpaired) electrons. The molecule has 3 aromatic heterocycles. The third-order valence-corrected chi connectivity index (χ3v) is 10.4. The molecule has 0 saturated carbocycles. The Balaban J connectivity index is 1.21. The van der Waals surface area contributed by atoms with E-state index in [1.54, 1.807) is 11.3 Å². The zero-order valence-corrected chi connectivity index (χ0v) is 25.9. The lowest BCUT2D eigenvalue weighted by Gasteiger charge is -2.12. The molecule has 0 aliphatic carbocycles. The Morgan fingerprint density at radius 1 is 0.404 bits per heavy atom. The molecule has 0 spiro atoms. The standard InChI is InChI=1S/C42H24N4S/c1-2-8-27-22-29(15-12-25(27)6-1)40-44-41(30-16-17-32-28(23-30)14-13-26-7-3-4-9-31(26)32)46-42(45-40)36-11-5-10-34-33(36)18-19-35-37-24-43-21-20-38(37)47-39(34)35/h1-24H. The zero-order valence-electron chi connectivity index (χ0n) is 25.1. The predicted octanol–water partition coefficient (Wildman–Crippen LogP) is 11.2. The third-order valence-electron chi connectivity index (χ3n) is 9.18. The summed E-state index contributed by atoms with van der Waals surface area (Å²) in [6.45, 7) is 0. The average Bonchev–Trinajstić information content (AvgIpc) is 3.53. The molecule has 0 fully saturated rings. The Bertz CT molecular complexity index is 2870. The number of hydrogen-bond acceptors (Lipinski definition) is 5. The van der Waals surface area contributed by atoms with Crippen LogP contribution in [0.2, 0.25) is 0 Å². The zero-order chi connectivity index (χ0) is 30.9. The van der Waals surface area contributed by atoms with E-state index in [9.17, 15) is 0 Å². The first-order valence-corrected chi connectivity index (χ1v) is 16.4. The Hall–Kier alpha value is -6.04. The van der Waals surface area contributed by atoms with Gasteiger partial charge in [-0.3, -0.25) is 4.98 Å². The lowest BCUT2D eigenvalue weighted by atomic mass is 9.99. The van der Waals surface area contributed by atoms with Crippen LogP contribution >= 0.6 is 11.3 Å². The minimum Gasteiger partial charge on any atom is -0.264 e. The summed E-state index contributed by atoms with van der Waals surface area (Å²) in [5.74, 6) is 1.96. The fourth-order valence-electron chi connectivity index (χ4n) is 6.87. The van der Waals surface area contributed by atoms with Crippen molar-refractivity contribution in [3.63, 3.8) is 0 Å². The van der Waals surface area contributed by atoms with Crippen LogP contribution in [-0.4, -0.2) is 19.9 Å². The highest BCUT2D eigenvalue weighted by atomic mass is 32.1. The van der Waals surface area contributed by atoms with Crippen LogP contribution in [0.1, 0.15) is 0 Å². The summed E-state index contributed by atoms with van der Waals surface area (Å²) in [5.41, 5.74) is 2.90. The van der Waals surface area contributed by atoms with Crippen LogP contribution in [0.3, 0.4) is 0 Å². The van der Waals surface area contributed by atoms with Crippen LogP contribution in [0, 0.1) is 0 Å². The van der Waals surface area contributed by atoms with Gasteiger partial charge in [-0.05, 0) is 55.9 Å². The number of fused-ring (bicyclic) bond motifs is 9. The van der Waals surface area contributed by atoms with E-state index in [0.29, 0.717) is 17.5 Å². The van der Waals surface area contributed by atoms with E-state index in [-0.39, 0.29) is 0 Å². The van der Waals surface area contributed by atoms with E-state index in [1.807, 2.05) is 12.4 Å². The summed E-state index contributed by atoms with van der Waals surface area (Å²) in [4.78, 5) is 19.8. The van der Waals surface area contributed by atoms with Gasteiger partial charge in [0.2, 0.25) is 0 Å². The number of pyridine rings is 1. The fourth-order valence-corrected chi connectivity index (χ4v) is 8.06. The molecule has 10 aromatic rings. The summed E-state index contributed by atoms with van der Waals surface area (Å²) < 4.78 is 2.48. The van der Waals surface area contributed by atoms with Crippen molar-refractivity contribution in [3.8, 4) is 34.2 Å². The van der Waals surface area contributed by atoms with Gasteiger partial charge >= 0.3 is 0 Å². The van der Waals surface area contributed by atoms with Crippen LogP contribution in [-0.2, 0) is 0 Å². The second-order valence-corrected chi connectivity index (χ2v) is 13.0. The number of nitrogens with zero attached hydrogens (tertiary/aromatic N) is 4. The molecule has 0 aliphatic heterocycles. The molecule has 0 N–H and O–H groups in total. The fraction of sp³-hybridized carbons (Fsp3) is 0. The molecule has 0 atom stereocenters. The minimum atomic E-state index is 0.652. The molecule has 4 nitrogen and oxygen atoms in total. The number of benzene rings is 7. The number of thiophene rings is 1. The molecular formula is C42H24N4S. The summed E-state index contributed by atoms with van der Waals surface area (Å²) in [6, 6.07) is 47.1. The molecular weight excluding hydrogens is 593 g/mol. The highest BCUT2D eigenvalue weighted by Crippen LogP contribution is 2.40. The Morgan fingerprint density at radius 2 is 1.02 bits per heavy atom. The Morgan fingerprint density at radius 3 is 1.91 bits per heavy atom. The lowest BCUT2D eigenvalue weighted by molar-refractivity contribution is 1.08. The molecule has 0 bridgehead atoms. The van der Waals surface area contributed by atoms with E-state index in [1.165, 1.54) is 47.1 Å². The molecule has 0 saturated heterocycles. The van der Waals surface area contributed by atoms with Gasteiger partial charge in [-0.1, -0.05) is 115 Å². The maximum Gasteiger partial charge on any atom is 0.164 e. The molecule has 0 aliphatic rings. The first-order chi connectivity index (χ1) is 23.3. The van der Waals surface area contributed by atoms with Crippen LogP contribution in [0.4, 0.5) is 0 Å². The average molecular weight is 617 g/mol. The van der Waals surface area contributed by atoms with E-state index < -0.39 is 0 Å². The van der Waals surface area contributed by atoms with Gasteiger partial charge in [0.15, 0.2) is 17.5 Å². The second kappa shape index (κ2) is 10.2. The van der Waals surface area contributed by atoms with Gasteiger partial charge in [0, 0.05) is 54.6 Å². The van der Waals surface area contributed by atoms with Gasteiger partial charge in [-0.25, -0.2) is 15.0 Å². The second-order valence-electron chi connectivity index (χ2n) is 11.9. The topological polar surface area (TPSA) is 51.6 Å². The molecule has 0 unspecified atom stereocenters. The Kier molecular flexibility index (Phi) is 5.71. The van der Waals surface area contributed by atoms with Gasteiger partial charge in [-0.2, -0.15) is 0 Å². The van der Waals surface area contributed by atoms with E-state index in [0.717, 1.165) is 32.8 Å². The van der Waals surface area contributed by atoms with E-state index >= 15 is 0 Å². The highest BCUT2D eigenvalue weighted by molar-refractivity contribution is 7.26. The van der Waals surface area contributed by atoms with Gasteiger partial charge < -0.3 is 0 Å². The van der Waals surface area contributed by atoms with Crippen LogP contribution in [0.15, 0.2) is 146 Å². The molecule has 5 heteroatoms. The number of hydrogen-bond donors (Lipinski definition) is 0. The van der Waals surface area contributed by atoms with Crippen LogP contribution < -0.4 is 0 Å². The smallest absolute Gasteiger partial charge is 0.164 e. The first-order valence-electron chi connectivity index (χ1n) is 15.6. The van der Waals surface area contributed by atoms with Gasteiger partial charge in [0.05, 0.1) is 0 Å². The van der Waals surface area contributed by atoms with Crippen molar-refractivity contribution in [2.75, 3.05) is 0 Å². The largest absolute Gasteiger partial charge is 0.264 e. The number of aromatic nitrogens is 4. The van der Waals surface area contributed by atoms with Crippen molar-refractivity contribution in [2.45, 2.75) is 0 Å². The van der Waals surface area contributed by atoms with Crippen molar-refractivity contribution in [2.24, 2.45) is 0 Å². The van der Waals surface area contributed by atoms with Crippen molar-refractivity contribution >= 4 is 74.6 Å². The van der Waals surface area contributed by atoms with Crippen LogP contribution in [0.5, 0.6) is 0 Å². The monoisotopic (exact) mass is 616 g/mol. The maximum absolute atomic E-state index is 5.18. The van der Waals surface area contributed by atoms with Gasteiger partial charge in [0.25, 0.3) is 0 Å². The van der Waals surface area contributed by atoms with Gasteiger partial charge in [-0.15, -0.1) is 11.3 Å². The van der Waals surface area contributed by atoms with Crippen molar-refractivity contribution in [1.29, 1.82) is 0 Å². The molecule has 47 heavy (non-hydrogen) atoms. The number of rotatable bonds is 3. The van der Waals surface area contributed by atoms with Crippen LogP contribution in [0.25, 0.3) is 97.4 Å². The van der Waals surface area contributed by atoms with Crippen molar-refractivity contribution in [1.82, 2.24) is 19.9 Å². The van der Waals surface area contributed by atoms with E-state index in [2.05, 4.69) is 138 Å². The Labute approximate surface area is 273 Å². The normalized spacial score (nSPS) is 11.8. The van der Waals surface area contributed by atoms with Crippen molar-refractivity contribution in [3.05, 3.63) is 146 Å². The maximum atomic E-state index is 5.18. The quantitative estimate of drug-likeness (QED) is 0.185. The SMILES string of the molecule is c1ccc2cc(-c3nc(-c4ccc5c(ccc6ccccc65)c4)nc(-c4cccc5c4ccc4c6cnccc6sc54)n3)ccc2c1. The van der Waals surface area contributed by atoms with E-state index in [4.69, 9.17) is 15.0 Å². The summed E-state index contributed by atoms with van der Waals surface area (Å²) >= 11 is 1.80.